The van der Waals surface area contributed by atoms with Crippen molar-refractivity contribution in [2.75, 3.05) is 7.11 Å². The highest BCUT2D eigenvalue weighted by Gasteiger charge is 2.01. The highest BCUT2D eigenvalue weighted by Crippen LogP contribution is 2.19. The molecule has 1 aliphatic carbocycles. The minimum atomic E-state index is 0.0733. The fourth-order valence-electron chi connectivity index (χ4n) is 1.43. The molecule has 0 radical (unpaired) electrons. The zero-order valence-electron chi connectivity index (χ0n) is 8.60. The smallest absolute Gasteiger partial charge is 0.115 e. The first kappa shape index (κ1) is 10.3. The van der Waals surface area contributed by atoms with Crippen molar-refractivity contribution >= 4 is 0 Å². The summed E-state index contributed by atoms with van der Waals surface area (Å²) >= 11 is 0. The van der Waals surface area contributed by atoms with Gasteiger partial charge < -0.3 is 4.74 Å². The van der Waals surface area contributed by atoms with Crippen molar-refractivity contribution in [3.8, 4) is 11.8 Å². The lowest BCUT2D eigenvalue weighted by Gasteiger charge is -2.09. The molecule has 1 unspecified atom stereocenters. The highest BCUT2D eigenvalue weighted by atomic mass is 16.5. The molecule has 0 N–H and O–H groups in total. The summed E-state index contributed by atoms with van der Waals surface area (Å²) in [4.78, 5) is 0. The maximum absolute atomic E-state index is 5.05. The molecule has 0 fully saturated rings. The number of methoxy groups -OCH3 is 1. The van der Waals surface area contributed by atoms with Crippen molar-refractivity contribution in [3.63, 3.8) is 0 Å². The fraction of sp³-hybridized carbons (Fsp3) is 0.667. The predicted octanol–water partition coefficient (Wildman–Crippen LogP) is 2.92. The Morgan fingerprint density at radius 2 is 2.38 bits per heavy atom. The van der Waals surface area contributed by atoms with Crippen molar-refractivity contribution in [3.05, 3.63) is 11.6 Å². The van der Waals surface area contributed by atoms with Crippen molar-refractivity contribution in [1.82, 2.24) is 0 Å². The molecule has 0 saturated heterocycles. The lowest BCUT2D eigenvalue weighted by Crippen LogP contribution is -1.99. The molecule has 0 spiro atoms. The topological polar surface area (TPSA) is 9.23 Å². The van der Waals surface area contributed by atoms with Crippen LogP contribution < -0.4 is 0 Å². The summed E-state index contributed by atoms with van der Waals surface area (Å²) in [5.41, 5.74) is 1.52. The predicted molar refractivity (Wildman–Crippen MR) is 55.4 cm³/mol. The van der Waals surface area contributed by atoms with Crippen LogP contribution in [0.2, 0.25) is 0 Å². The zero-order chi connectivity index (χ0) is 9.52. The average molecular weight is 178 g/mol. The van der Waals surface area contributed by atoms with Crippen LogP contribution in [-0.2, 0) is 4.74 Å². The largest absolute Gasteiger partial charge is 0.369 e. The molecule has 0 aliphatic heterocycles. The van der Waals surface area contributed by atoms with Crippen LogP contribution in [-0.4, -0.2) is 13.2 Å². The average Bonchev–Trinajstić information content (AvgIpc) is 2.19. The Balaban J connectivity index is 2.30. The molecule has 72 valence electrons. The second kappa shape index (κ2) is 5.83. The van der Waals surface area contributed by atoms with E-state index in [1.54, 1.807) is 7.11 Å². The van der Waals surface area contributed by atoms with Gasteiger partial charge in [-0.1, -0.05) is 23.5 Å². The molecule has 1 aliphatic rings. The van der Waals surface area contributed by atoms with E-state index < -0.39 is 0 Å². The van der Waals surface area contributed by atoms with E-state index in [9.17, 15) is 0 Å². The number of ether oxygens (including phenoxy) is 1. The first-order chi connectivity index (χ1) is 6.33. The summed E-state index contributed by atoms with van der Waals surface area (Å²) < 4.78 is 5.05. The quantitative estimate of drug-likeness (QED) is 0.466. The number of hydrogen-bond acceptors (Lipinski definition) is 1. The van der Waals surface area contributed by atoms with Gasteiger partial charge in [0.05, 0.1) is 0 Å². The molecule has 1 heteroatoms. The van der Waals surface area contributed by atoms with Gasteiger partial charge in [-0.3, -0.25) is 0 Å². The second-order valence-corrected chi connectivity index (χ2v) is 3.48. The van der Waals surface area contributed by atoms with E-state index in [2.05, 4.69) is 17.9 Å². The Kier molecular flexibility index (Phi) is 4.64. The summed E-state index contributed by atoms with van der Waals surface area (Å²) in [6, 6.07) is 0. The van der Waals surface area contributed by atoms with E-state index in [1.165, 1.54) is 31.3 Å². The molecule has 0 aromatic rings. The van der Waals surface area contributed by atoms with E-state index in [0.29, 0.717) is 0 Å². The second-order valence-electron chi connectivity index (χ2n) is 3.48. The first-order valence-corrected chi connectivity index (χ1v) is 5.02. The summed E-state index contributed by atoms with van der Waals surface area (Å²) in [5.74, 6) is 6.23. The lowest BCUT2D eigenvalue weighted by atomic mass is 9.97. The van der Waals surface area contributed by atoms with E-state index in [0.717, 1.165) is 6.42 Å². The summed E-state index contributed by atoms with van der Waals surface area (Å²) in [6.45, 7) is 1.97. The lowest BCUT2D eigenvalue weighted by molar-refractivity contribution is 0.163. The van der Waals surface area contributed by atoms with Crippen molar-refractivity contribution in [2.24, 2.45) is 0 Å². The van der Waals surface area contributed by atoms with Crippen LogP contribution in [0.4, 0.5) is 0 Å². The molecule has 1 atom stereocenters. The summed E-state index contributed by atoms with van der Waals surface area (Å²) in [5, 5.41) is 0. The third-order valence-corrected chi connectivity index (χ3v) is 2.36. The van der Waals surface area contributed by atoms with Crippen molar-refractivity contribution in [2.45, 2.75) is 45.1 Å². The molecule has 1 nitrogen and oxygen atoms in total. The van der Waals surface area contributed by atoms with Gasteiger partial charge in [0.2, 0.25) is 0 Å². The van der Waals surface area contributed by atoms with Gasteiger partial charge in [0.1, 0.15) is 6.10 Å². The maximum Gasteiger partial charge on any atom is 0.115 e. The fourth-order valence-corrected chi connectivity index (χ4v) is 1.43. The normalized spacial score (nSPS) is 18.5. The van der Waals surface area contributed by atoms with Gasteiger partial charge in [-0.25, -0.2) is 0 Å². The van der Waals surface area contributed by atoms with E-state index in [4.69, 9.17) is 4.74 Å². The van der Waals surface area contributed by atoms with Crippen LogP contribution >= 0.6 is 0 Å². The minimum Gasteiger partial charge on any atom is -0.369 e. The standard InChI is InChI=1S/C12H18O/c1-11(13-2)7-6-10-12-8-4-3-5-9-12/h8,11H,3-5,9-10H2,1-2H3. The van der Waals surface area contributed by atoms with E-state index >= 15 is 0 Å². The van der Waals surface area contributed by atoms with Crippen LogP contribution in [0.5, 0.6) is 0 Å². The molecule has 0 amide bonds. The molecule has 0 aromatic heterocycles. The minimum absolute atomic E-state index is 0.0733. The van der Waals surface area contributed by atoms with E-state index in [-0.39, 0.29) is 6.10 Å². The van der Waals surface area contributed by atoms with Crippen LogP contribution in [0.1, 0.15) is 39.0 Å². The Bertz CT molecular complexity index is 229. The Morgan fingerprint density at radius 1 is 1.54 bits per heavy atom. The van der Waals surface area contributed by atoms with Crippen LogP contribution in [0.3, 0.4) is 0 Å². The molecule has 0 aromatic carbocycles. The summed E-state index contributed by atoms with van der Waals surface area (Å²) in [7, 11) is 1.69. The van der Waals surface area contributed by atoms with Crippen LogP contribution in [0, 0.1) is 11.8 Å². The van der Waals surface area contributed by atoms with Crippen LogP contribution in [0.25, 0.3) is 0 Å². The molecule has 0 heterocycles. The van der Waals surface area contributed by atoms with Gasteiger partial charge >= 0.3 is 0 Å². The van der Waals surface area contributed by atoms with Crippen LogP contribution in [0.15, 0.2) is 11.6 Å². The monoisotopic (exact) mass is 178 g/mol. The number of hydrogen-bond donors (Lipinski definition) is 0. The zero-order valence-corrected chi connectivity index (χ0v) is 8.60. The van der Waals surface area contributed by atoms with Gasteiger partial charge in [0.15, 0.2) is 0 Å². The van der Waals surface area contributed by atoms with Gasteiger partial charge in [-0.15, -0.1) is 0 Å². The maximum atomic E-state index is 5.05. The van der Waals surface area contributed by atoms with Crippen molar-refractivity contribution in [1.29, 1.82) is 0 Å². The Labute approximate surface area is 81.2 Å². The van der Waals surface area contributed by atoms with Gasteiger partial charge in [-0.2, -0.15) is 0 Å². The molecular formula is C12H18O. The molecular weight excluding hydrogens is 160 g/mol. The van der Waals surface area contributed by atoms with Crippen molar-refractivity contribution < 1.29 is 4.74 Å². The molecule has 13 heavy (non-hydrogen) atoms. The summed E-state index contributed by atoms with van der Waals surface area (Å²) in [6.07, 6.45) is 8.54. The number of allylic oxidation sites excluding steroid dienone is 2. The van der Waals surface area contributed by atoms with Gasteiger partial charge in [0.25, 0.3) is 0 Å². The van der Waals surface area contributed by atoms with Gasteiger partial charge in [-0.05, 0) is 32.6 Å². The molecule has 1 rings (SSSR count). The third kappa shape index (κ3) is 4.15. The van der Waals surface area contributed by atoms with E-state index in [1.807, 2.05) is 6.92 Å². The van der Waals surface area contributed by atoms with Gasteiger partial charge in [0, 0.05) is 13.5 Å². The first-order valence-electron chi connectivity index (χ1n) is 5.02. The Morgan fingerprint density at radius 3 is 3.00 bits per heavy atom. The molecule has 0 bridgehead atoms. The highest BCUT2D eigenvalue weighted by molar-refractivity contribution is 5.16. The molecule has 0 saturated carbocycles. The Hall–Kier alpha value is -0.740. The SMILES string of the molecule is COC(C)C#CCC1=CCCCC1. The third-order valence-electron chi connectivity index (χ3n) is 2.36. The number of rotatable bonds is 2.